The van der Waals surface area contributed by atoms with E-state index >= 15 is 0 Å². The molecule has 1 amide bonds. The molecule has 0 aliphatic carbocycles. The average molecular weight is 213 g/mol. The smallest absolute Gasteiger partial charge is 0.380 e. The number of rotatable bonds is 1. The number of alkyl halides is 3. The van der Waals surface area contributed by atoms with Crippen LogP contribution in [0.25, 0.3) is 0 Å². The zero-order chi connectivity index (χ0) is 11.0. The fraction of sp³-hybridized carbons (Fsp3) is 0.857. The Hall–Kier alpha value is -0.820. The number of hydrogen-bond acceptors (Lipinski definition) is 3. The van der Waals surface area contributed by atoms with Crippen LogP contribution in [0.2, 0.25) is 0 Å². The van der Waals surface area contributed by atoms with Gasteiger partial charge in [-0.25, -0.2) is 0 Å². The molecule has 0 saturated carbocycles. The van der Waals surface area contributed by atoms with Gasteiger partial charge in [0.15, 0.2) is 6.10 Å². The Bertz CT molecular complexity index is 243. The molecule has 0 radical (unpaired) electrons. The van der Waals surface area contributed by atoms with E-state index in [9.17, 15) is 23.1 Å². The van der Waals surface area contributed by atoms with Crippen molar-refractivity contribution in [3.8, 4) is 0 Å². The maximum Gasteiger partial charge on any atom is 0.414 e. The highest BCUT2D eigenvalue weighted by atomic mass is 19.4. The Kier molecular flexibility index (Phi) is 2.73. The van der Waals surface area contributed by atoms with Crippen LogP contribution in [0, 0.1) is 0 Å². The van der Waals surface area contributed by atoms with Crippen molar-refractivity contribution in [1.82, 2.24) is 0 Å². The minimum Gasteiger partial charge on any atom is -0.380 e. The molecule has 3 N–H and O–H groups in total. The highest BCUT2D eigenvalue weighted by Crippen LogP contribution is 2.34. The first-order valence-electron chi connectivity index (χ1n) is 3.96. The van der Waals surface area contributed by atoms with Crippen molar-refractivity contribution in [2.45, 2.75) is 30.7 Å². The van der Waals surface area contributed by atoms with E-state index in [0.717, 1.165) is 0 Å². The molecule has 0 aromatic rings. The lowest BCUT2D eigenvalue weighted by Crippen LogP contribution is -2.53. The molecule has 1 rings (SSSR count). The molecule has 1 fully saturated rings. The van der Waals surface area contributed by atoms with Gasteiger partial charge in [0.1, 0.15) is 5.60 Å². The number of carbonyl (C=O) groups is 1. The molecule has 2 atom stereocenters. The molecule has 0 spiro atoms. The molecule has 2 unspecified atom stereocenters. The highest BCUT2D eigenvalue weighted by Gasteiger charge is 2.50. The summed E-state index contributed by atoms with van der Waals surface area (Å²) in [4.78, 5) is 10.7. The third kappa shape index (κ3) is 2.16. The van der Waals surface area contributed by atoms with Gasteiger partial charge in [-0.3, -0.25) is 4.79 Å². The van der Waals surface area contributed by atoms with Crippen LogP contribution in [0.5, 0.6) is 0 Å². The second kappa shape index (κ2) is 3.39. The molecule has 14 heavy (non-hydrogen) atoms. The van der Waals surface area contributed by atoms with Gasteiger partial charge in [-0.15, -0.1) is 0 Å². The van der Waals surface area contributed by atoms with E-state index in [-0.39, 0.29) is 13.0 Å². The van der Waals surface area contributed by atoms with Gasteiger partial charge in [-0.05, 0) is 0 Å². The molecular weight excluding hydrogens is 203 g/mol. The van der Waals surface area contributed by atoms with Gasteiger partial charge < -0.3 is 15.6 Å². The van der Waals surface area contributed by atoms with Crippen molar-refractivity contribution in [3.05, 3.63) is 0 Å². The third-order valence-electron chi connectivity index (χ3n) is 2.18. The van der Waals surface area contributed by atoms with Crippen LogP contribution < -0.4 is 5.73 Å². The predicted molar refractivity (Wildman–Crippen MR) is 39.2 cm³/mol. The van der Waals surface area contributed by atoms with Gasteiger partial charge in [0.05, 0.1) is 6.61 Å². The van der Waals surface area contributed by atoms with Gasteiger partial charge in [-0.2, -0.15) is 13.2 Å². The maximum absolute atomic E-state index is 12.2. The molecule has 82 valence electrons. The Labute approximate surface area is 77.8 Å². The summed E-state index contributed by atoms with van der Waals surface area (Å²) >= 11 is 0. The van der Waals surface area contributed by atoms with E-state index in [0.29, 0.717) is 0 Å². The molecule has 1 aliphatic rings. The fourth-order valence-corrected chi connectivity index (χ4v) is 1.27. The third-order valence-corrected chi connectivity index (χ3v) is 2.18. The molecule has 0 bridgehead atoms. The van der Waals surface area contributed by atoms with E-state index in [1.54, 1.807) is 0 Å². The summed E-state index contributed by atoms with van der Waals surface area (Å²) in [5, 5.41) is 9.43. The van der Waals surface area contributed by atoms with Crippen LogP contribution in [0.15, 0.2) is 0 Å². The van der Waals surface area contributed by atoms with E-state index in [1.807, 2.05) is 0 Å². The minimum atomic E-state index is -4.58. The fourth-order valence-electron chi connectivity index (χ4n) is 1.27. The Morgan fingerprint density at radius 1 is 1.57 bits per heavy atom. The number of amides is 1. The Balaban J connectivity index is 2.74. The van der Waals surface area contributed by atoms with Crippen molar-refractivity contribution < 1.29 is 27.8 Å². The van der Waals surface area contributed by atoms with Crippen LogP contribution in [-0.4, -0.2) is 35.5 Å². The highest BCUT2D eigenvalue weighted by molar-refractivity contribution is 5.83. The van der Waals surface area contributed by atoms with Crippen molar-refractivity contribution >= 4 is 5.91 Å². The van der Waals surface area contributed by atoms with Crippen LogP contribution in [-0.2, 0) is 9.53 Å². The summed E-state index contributed by atoms with van der Waals surface area (Å²) in [5.74, 6) is -1.14. The Morgan fingerprint density at radius 3 is 2.57 bits per heavy atom. The first kappa shape index (κ1) is 11.3. The van der Waals surface area contributed by atoms with E-state index < -0.39 is 30.2 Å². The zero-order valence-corrected chi connectivity index (χ0v) is 7.17. The van der Waals surface area contributed by atoms with Crippen LogP contribution >= 0.6 is 0 Å². The normalized spacial score (nSPS) is 34.1. The summed E-state index contributed by atoms with van der Waals surface area (Å²) in [6, 6.07) is 0. The lowest BCUT2D eigenvalue weighted by atomic mass is 9.89. The molecular formula is C7H10F3NO3. The van der Waals surface area contributed by atoms with Crippen molar-refractivity contribution in [2.24, 2.45) is 5.73 Å². The van der Waals surface area contributed by atoms with Crippen LogP contribution in [0.1, 0.15) is 12.8 Å². The van der Waals surface area contributed by atoms with Gasteiger partial charge >= 0.3 is 6.18 Å². The summed E-state index contributed by atoms with van der Waals surface area (Å²) in [6.45, 7) is -0.330. The Morgan fingerprint density at radius 2 is 2.14 bits per heavy atom. The van der Waals surface area contributed by atoms with E-state index in [1.165, 1.54) is 0 Å². The predicted octanol–water partition coefficient (Wildman–Crippen LogP) is -0.0559. The van der Waals surface area contributed by atoms with Crippen molar-refractivity contribution in [2.75, 3.05) is 6.61 Å². The first-order valence-corrected chi connectivity index (χ1v) is 3.96. The number of halogens is 3. The number of ether oxygens (including phenoxy) is 1. The van der Waals surface area contributed by atoms with Crippen molar-refractivity contribution in [1.29, 1.82) is 0 Å². The van der Waals surface area contributed by atoms with Gasteiger partial charge in [0.25, 0.3) is 0 Å². The lowest BCUT2D eigenvalue weighted by molar-refractivity contribution is -0.250. The second-order valence-corrected chi connectivity index (χ2v) is 3.25. The maximum atomic E-state index is 12.2. The topological polar surface area (TPSA) is 72.6 Å². The molecule has 1 aliphatic heterocycles. The largest absolute Gasteiger partial charge is 0.414 e. The number of nitrogens with two attached hydrogens (primary N) is 1. The number of primary amides is 1. The lowest BCUT2D eigenvalue weighted by Gasteiger charge is -2.35. The average Bonchev–Trinajstić information content (AvgIpc) is 2.02. The van der Waals surface area contributed by atoms with E-state index in [4.69, 9.17) is 5.73 Å². The molecule has 1 heterocycles. The number of aliphatic hydroxyl groups is 1. The van der Waals surface area contributed by atoms with Crippen LogP contribution in [0.4, 0.5) is 13.2 Å². The van der Waals surface area contributed by atoms with Crippen molar-refractivity contribution in [3.63, 3.8) is 0 Å². The second-order valence-electron chi connectivity index (χ2n) is 3.25. The van der Waals surface area contributed by atoms with Gasteiger partial charge in [0.2, 0.25) is 5.91 Å². The first-order chi connectivity index (χ1) is 6.26. The summed E-state index contributed by atoms with van der Waals surface area (Å²) in [6.07, 6.45) is -7.72. The monoisotopic (exact) mass is 213 g/mol. The molecule has 4 nitrogen and oxygen atoms in total. The van der Waals surface area contributed by atoms with Gasteiger partial charge in [0, 0.05) is 12.8 Å². The van der Waals surface area contributed by atoms with E-state index in [2.05, 4.69) is 4.74 Å². The SMILES string of the molecule is NC(=O)C1(O)CCOC(C(F)(F)F)C1. The van der Waals surface area contributed by atoms with Gasteiger partial charge in [-0.1, -0.05) is 0 Å². The molecule has 0 aromatic carbocycles. The number of hydrogen-bond donors (Lipinski definition) is 2. The summed E-state index contributed by atoms with van der Waals surface area (Å²) in [7, 11) is 0. The molecule has 0 aromatic heterocycles. The summed E-state index contributed by atoms with van der Waals surface area (Å²) < 4.78 is 40.9. The zero-order valence-electron chi connectivity index (χ0n) is 7.17. The molecule has 7 heteroatoms. The summed E-state index contributed by atoms with van der Waals surface area (Å²) in [5.41, 5.74) is 2.70. The minimum absolute atomic E-state index is 0.199. The quantitative estimate of drug-likeness (QED) is 0.641. The standard InChI is InChI=1S/C7H10F3NO3/c8-7(9,10)4-3-6(13,5(11)12)1-2-14-4/h4,13H,1-3H2,(H2,11,12). The van der Waals surface area contributed by atoms with Crippen LogP contribution in [0.3, 0.4) is 0 Å². The molecule has 1 saturated heterocycles. The number of carbonyl (C=O) groups excluding carboxylic acids is 1.